The third kappa shape index (κ3) is 4.56. The average Bonchev–Trinajstić information content (AvgIpc) is 3.41. The average molecular weight is 439 g/mol. The zero-order valence-electron chi connectivity index (χ0n) is 17.9. The van der Waals surface area contributed by atoms with E-state index < -0.39 is 5.41 Å². The van der Waals surface area contributed by atoms with Crippen molar-refractivity contribution in [3.63, 3.8) is 0 Å². The van der Waals surface area contributed by atoms with E-state index in [0.717, 1.165) is 48.7 Å². The van der Waals surface area contributed by atoms with E-state index in [2.05, 4.69) is 25.6 Å². The van der Waals surface area contributed by atoms with Gasteiger partial charge in [0.2, 0.25) is 5.91 Å². The number of carbonyl (C=O) groups is 1. The van der Waals surface area contributed by atoms with Crippen LogP contribution in [0.2, 0.25) is 5.02 Å². The number of hydrogen-bond acceptors (Lipinski definition) is 5. The molecule has 4 rings (SSSR count). The van der Waals surface area contributed by atoms with E-state index in [1.807, 2.05) is 54.9 Å². The van der Waals surface area contributed by atoms with Crippen LogP contribution in [0.1, 0.15) is 42.9 Å². The number of aromatic nitrogens is 4. The van der Waals surface area contributed by atoms with Crippen LogP contribution in [0.4, 0.5) is 5.82 Å². The van der Waals surface area contributed by atoms with Gasteiger partial charge in [-0.2, -0.15) is 0 Å². The summed E-state index contributed by atoms with van der Waals surface area (Å²) in [5, 5.41) is 7.10. The minimum absolute atomic E-state index is 0.0859. The molecular formula is C23H27ClN6O. The van der Waals surface area contributed by atoms with E-state index >= 15 is 0 Å². The van der Waals surface area contributed by atoms with Gasteiger partial charge >= 0.3 is 0 Å². The first-order valence-electron chi connectivity index (χ1n) is 10.6. The third-order valence-electron chi connectivity index (χ3n) is 5.90. The molecule has 1 aliphatic rings. The molecule has 162 valence electrons. The van der Waals surface area contributed by atoms with Crippen LogP contribution in [0.15, 0.2) is 42.7 Å². The SMILES string of the molecule is Cc1nc(NCCNC(=O)C2(c3ccc(Cl)cc3)CCCC2)cc(-n2ccnc2C)n1. The van der Waals surface area contributed by atoms with Gasteiger partial charge < -0.3 is 10.6 Å². The van der Waals surface area contributed by atoms with E-state index in [0.29, 0.717) is 23.9 Å². The maximum Gasteiger partial charge on any atom is 0.230 e. The van der Waals surface area contributed by atoms with Gasteiger partial charge in [-0.15, -0.1) is 0 Å². The number of nitrogens with zero attached hydrogens (tertiary/aromatic N) is 4. The number of carbonyl (C=O) groups excluding carboxylic acids is 1. The Hall–Kier alpha value is -2.93. The van der Waals surface area contributed by atoms with Crippen LogP contribution >= 0.6 is 11.6 Å². The second kappa shape index (κ2) is 9.06. The lowest BCUT2D eigenvalue weighted by Crippen LogP contribution is -2.44. The summed E-state index contributed by atoms with van der Waals surface area (Å²) in [4.78, 5) is 26.3. The minimum Gasteiger partial charge on any atom is -0.368 e. The molecule has 0 unspecified atom stereocenters. The van der Waals surface area contributed by atoms with Crippen molar-refractivity contribution in [3.05, 3.63) is 65.0 Å². The number of hydrogen-bond donors (Lipinski definition) is 2. The number of aryl methyl sites for hydroxylation is 2. The van der Waals surface area contributed by atoms with Crippen LogP contribution in [0.25, 0.3) is 5.82 Å². The lowest BCUT2D eigenvalue weighted by molar-refractivity contribution is -0.126. The number of anilines is 1. The highest BCUT2D eigenvalue weighted by atomic mass is 35.5. The van der Waals surface area contributed by atoms with Crippen molar-refractivity contribution < 1.29 is 4.79 Å². The number of halogens is 1. The Kier molecular flexibility index (Phi) is 6.23. The molecule has 0 bridgehead atoms. The lowest BCUT2D eigenvalue weighted by atomic mass is 9.78. The molecule has 1 fully saturated rings. The third-order valence-corrected chi connectivity index (χ3v) is 6.15. The molecule has 1 amide bonds. The van der Waals surface area contributed by atoms with Gasteiger partial charge in [0.25, 0.3) is 0 Å². The van der Waals surface area contributed by atoms with E-state index in [4.69, 9.17) is 11.6 Å². The van der Waals surface area contributed by atoms with Crippen molar-refractivity contribution in [2.45, 2.75) is 44.9 Å². The fourth-order valence-electron chi connectivity index (χ4n) is 4.32. The maximum absolute atomic E-state index is 13.2. The quantitative estimate of drug-likeness (QED) is 0.545. The number of amides is 1. The Morgan fingerprint density at radius 1 is 1.13 bits per heavy atom. The molecule has 0 atom stereocenters. The summed E-state index contributed by atoms with van der Waals surface area (Å²) in [6.07, 6.45) is 7.48. The molecule has 2 aromatic heterocycles. The van der Waals surface area contributed by atoms with Crippen LogP contribution in [-0.2, 0) is 10.2 Å². The van der Waals surface area contributed by atoms with Crippen molar-refractivity contribution in [2.24, 2.45) is 0 Å². The molecule has 0 aliphatic heterocycles. The molecule has 7 nitrogen and oxygen atoms in total. The molecule has 0 radical (unpaired) electrons. The lowest BCUT2D eigenvalue weighted by Gasteiger charge is -2.28. The molecule has 31 heavy (non-hydrogen) atoms. The van der Waals surface area contributed by atoms with E-state index in [1.165, 1.54) is 0 Å². The van der Waals surface area contributed by atoms with Gasteiger partial charge in [-0.25, -0.2) is 15.0 Å². The normalized spacial score (nSPS) is 15.1. The Labute approximate surface area is 187 Å². The highest BCUT2D eigenvalue weighted by Crippen LogP contribution is 2.41. The fourth-order valence-corrected chi connectivity index (χ4v) is 4.44. The molecule has 2 N–H and O–H groups in total. The van der Waals surface area contributed by atoms with Crippen molar-refractivity contribution in [2.75, 3.05) is 18.4 Å². The predicted octanol–water partition coefficient (Wildman–Crippen LogP) is 3.97. The van der Waals surface area contributed by atoms with Crippen LogP contribution in [0.5, 0.6) is 0 Å². The number of rotatable bonds is 7. The van der Waals surface area contributed by atoms with Gasteiger partial charge in [0, 0.05) is 36.6 Å². The zero-order valence-corrected chi connectivity index (χ0v) is 18.6. The summed E-state index contributed by atoms with van der Waals surface area (Å²) in [6, 6.07) is 9.57. The number of benzene rings is 1. The summed E-state index contributed by atoms with van der Waals surface area (Å²) in [6.45, 7) is 4.87. The molecule has 0 saturated heterocycles. The zero-order chi connectivity index (χ0) is 21.8. The van der Waals surface area contributed by atoms with Crippen molar-refractivity contribution in [1.29, 1.82) is 0 Å². The Bertz CT molecular complexity index is 1060. The second-order valence-electron chi connectivity index (χ2n) is 7.98. The topological polar surface area (TPSA) is 84.7 Å². The molecule has 8 heteroatoms. The Balaban J connectivity index is 1.38. The first-order valence-corrected chi connectivity index (χ1v) is 11.0. The van der Waals surface area contributed by atoms with E-state index in [-0.39, 0.29) is 5.91 Å². The second-order valence-corrected chi connectivity index (χ2v) is 8.42. The van der Waals surface area contributed by atoms with Crippen LogP contribution < -0.4 is 10.6 Å². The van der Waals surface area contributed by atoms with Gasteiger partial charge in [0.15, 0.2) is 0 Å². The summed E-state index contributed by atoms with van der Waals surface area (Å²) >= 11 is 6.04. The van der Waals surface area contributed by atoms with Gasteiger partial charge in [-0.05, 0) is 44.4 Å². The largest absolute Gasteiger partial charge is 0.368 e. The first kappa shape index (κ1) is 21.3. The highest BCUT2D eigenvalue weighted by molar-refractivity contribution is 6.30. The molecule has 0 spiro atoms. The maximum atomic E-state index is 13.2. The predicted molar refractivity (Wildman–Crippen MR) is 122 cm³/mol. The number of nitrogens with one attached hydrogen (secondary N) is 2. The summed E-state index contributed by atoms with van der Waals surface area (Å²) in [5.74, 6) is 3.10. The molecule has 1 aliphatic carbocycles. The van der Waals surface area contributed by atoms with Gasteiger partial charge in [-0.1, -0.05) is 36.6 Å². The summed E-state index contributed by atoms with van der Waals surface area (Å²) < 4.78 is 1.91. The van der Waals surface area contributed by atoms with Crippen molar-refractivity contribution >= 4 is 23.3 Å². The summed E-state index contributed by atoms with van der Waals surface area (Å²) in [5.41, 5.74) is 0.592. The summed E-state index contributed by atoms with van der Waals surface area (Å²) in [7, 11) is 0. The molecule has 1 saturated carbocycles. The Morgan fingerprint density at radius 3 is 2.55 bits per heavy atom. The van der Waals surface area contributed by atoms with Crippen molar-refractivity contribution in [3.8, 4) is 5.82 Å². The van der Waals surface area contributed by atoms with Gasteiger partial charge in [-0.3, -0.25) is 9.36 Å². The van der Waals surface area contributed by atoms with Gasteiger partial charge in [0.05, 0.1) is 5.41 Å². The molecule has 3 aromatic rings. The van der Waals surface area contributed by atoms with E-state index in [9.17, 15) is 4.79 Å². The van der Waals surface area contributed by atoms with Crippen LogP contribution in [-0.4, -0.2) is 38.5 Å². The van der Waals surface area contributed by atoms with Crippen molar-refractivity contribution in [1.82, 2.24) is 24.8 Å². The molecule has 1 aromatic carbocycles. The molecular weight excluding hydrogens is 412 g/mol. The monoisotopic (exact) mass is 438 g/mol. The van der Waals surface area contributed by atoms with Gasteiger partial charge in [0.1, 0.15) is 23.3 Å². The standard InChI is InChI=1S/C23H27ClN6O/c1-16-28-20(15-21(29-16)30-14-13-25-17(30)2)26-11-12-27-22(31)23(9-3-4-10-23)18-5-7-19(24)8-6-18/h5-8,13-15H,3-4,9-12H2,1-2H3,(H,27,31)(H,26,28,29). The number of imidazole rings is 1. The molecule has 2 heterocycles. The smallest absolute Gasteiger partial charge is 0.230 e. The fraction of sp³-hybridized carbons (Fsp3) is 0.391. The Morgan fingerprint density at radius 2 is 1.87 bits per heavy atom. The van der Waals surface area contributed by atoms with Crippen LogP contribution in [0.3, 0.4) is 0 Å². The van der Waals surface area contributed by atoms with Crippen LogP contribution in [0, 0.1) is 13.8 Å². The minimum atomic E-state index is -0.456. The van der Waals surface area contributed by atoms with E-state index in [1.54, 1.807) is 6.20 Å². The first-order chi connectivity index (χ1) is 15.0. The highest BCUT2D eigenvalue weighted by Gasteiger charge is 2.42.